The lowest BCUT2D eigenvalue weighted by molar-refractivity contribution is -0.654. The Morgan fingerprint density at radius 3 is 2.14 bits per heavy atom. The first kappa shape index (κ1) is 26.0. The van der Waals surface area contributed by atoms with E-state index in [1.807, 2.05) is 0 Å². The number of aliphatic hydroxyl groups excluding tert-OH is 1. The summed E-state index contributed by atoms with van der Waals surface area (Å²) in [6.45, 7) is 6.92. The zero-order valence-electron chi connectivity index (χ0n) is 14.8. The van der Waals surface area contributed by atoms with E-state index in [0.717, 1.165) is 52.3 Å². The Balaban J connectivity index is -0.000000313. The number of carbonyl (C=O) groups is 1. The van der Waals surface area contributed by atoms with E-state index >= 15 is 0 Å². The number of nitrogens with one attached hydrogen (secondary N) is 1. The Morgan fingerprint density at radius 1 is 1.05 bits per heavy atom. The first-order valence-electron chi connectivity index (χ1n) is 8.21. The highest BCUT2D eigenvalue weighted by Crippen LogP contribution is 1.96. The van der Waals surface area contributed by atoms with Crippen LogP contribution in [0.5, 0.6) is 0 Å². The largest absolute Gasteiger partial charge is 0.453 e. The summed E-state index contributed by atoms with van der Waals surface area (Å²) in [6.07, 6.45) is 6.38. The molecule has 8 N–H and O–H groups in total. The molecule has 0 aliphatic heterocycles. The number of aliphatic hydroxyl groups is 1. The minimum atomic E-state index is -0.353. The van der Waals surface area contributed by atoms with E-state index in [2.05, 4.69) is 22.3 Å². The molecule has 0 aromatic carbocycles. The van der Waals surface area contributed by atoms with Crippen LogP contribution in [0.25, 0.3) is 0 Å². The molecule has 0 unspecified atom stereocenters. The number of quaternary nitrogens is 1. The summed E-state index contributed by atoms with van der Waals surface area (Å²) in [5.74, 6) is 0. The van der Waals surface area contributed by atoms with Gasteiger partial charge in [-0.3, -0.25) is 0 Å². The Kier molecular flexibility index (Phi) is 33.5. The second-order valence-electron chi connectivity index (χ2n) is 4.63. The summed E-state index contributed by atoms with van der Waals surface area (Å²) in [5.41, 5.74) is 10.6. The number of hydrogen-bond donors (Lipinski definition) is 5. The van der Waals surface area contributed by atoms with Gasteiger partial charge < -0.3 is 31.9 Å². The van der Waals surface area contributed by atoms with E-state index < -0.39 is 0 Å². The number of hydrogen-bond acceptors (Lipinski definition) is 5. The van der Waals surface area contributed by atoms with Crippen molar-refractivity contribution in [3.63, 3.8) is 0 Å². The van der Waals surface area contributed by atoms with E-state index in [4.69, 9.17) is 16.6 Å². The molecule has 0 radical (unpaired) electrons. The second-order valence-corrected chi connectivity index (χ2v) is 4.63. The summed E-state index contributed by atoms with van der Waals surface area (Å²) in [6, 6.07) is 0. The van der Waals surface area contributed by atoms with Crippen LogP contribution in [0.1, 0.15) is 45.4 Å². The lowest BCUT2D eigenvalue weighted by Gasteiger charge is -2.02. The van der Waals surface area contributed by atoms with Crippen molar-refractivity contribution in [1.82, 2.24) is 5.32 Å². The lowest BCUT2D eigenvalue weighted by Crippen LogP contribution is -2.84. The molecule has 0 spiro atoms. The molecule has 0 saturated heterocycles. The number of nitrogens with two attached hydrogens (primary N) is 3. The third-order valence-corrected chi connectivity index (χ3v) is 2.69. The minimum Gasteiger partial charge on any atom is -0.453 e. The molecule has 7 nitrogen and oxygen atoms in total. The van der Waals surface area contributed by atoms with Crippen LogP contribution in [0.2, 0.25) is 0 Å². The number of carbonyl (C=O) groups excluding carboxylic acids is 1. The van der Waals surface area contributed by atoms with Gasteiger partial charge in [0.15, 0.2) is 0 Å². The van der Waals surface area contributed by atoms with E-state index in [1.54, 1.807) is 0 Å². The quantitative estimate of drug-likeness (QED) is 0.336. The maximum Gasteiger partial charge on any atom is 0.406 e. The predicted octanol–water partition coefficient (Wildman–Crippen LogP) is -0.221. The lowest BCUT2D eigenvalue weighted by atomic mass is 10.2. The average Bonchev–Trinajstić information content (AvgIpc) is 2.57. The summed E-state index contributed by atoms with van der Waals surface area (Å²) in [5, 5.41) is 11.9. The monoisotopic (exact) mass is 323 g/mol. The maximum atomic E-state index is 10.5. The molecule has 0 aliphatic rings. The highest BCUT2D eigenvalue weighted by atomic mass is 16.5. The van der Waals surface area contributed by atoms with E-state index in [1.165, 1.54) is 26.6 Å². The summed E-state index contributed by atoms with van der Waals surface area (Å²) < 4.78 is 4.41. The van der Waals surface area contributed by atoms with Gasteiger partial charge in [-0.25, -0.2) is 4.79 Å². The predicted molar refractivity (Wildman–Crippen MR) is 91.7 cm³/mol. The van der Waals surface area contributed by atoms with Crippen LogP contribution in [-0.2, 0) is 4.74 Å². The molecule has 0 rings (SSSR count). The fourth-order valence-corrected chi connectivity index (χ4v) is 1.50. The first-order valence-corrected chi connectivity index (χ1v) is 8.21. The molecule has 0 fully saturated rings. The third kappa shape index (κ3) is 31.5. The second kappa shape index (κ2) is 28.3. The van der Waals surface area contributed by atoms with Gasteiger partial charge in [0.1, 0.15) is 0 Å². The van der Waals surface area contributed by atoms with Crippen LogP contribution in [0.4, 0.5) is 4.79 Å². The number of rotatable bonds is 11. The molecule has 0 heterocycles. The number of ether oxygens (including phenoxy) is 1. The molecule has 0 aliphatic carbocycles. The molecule has 0 atom stereocenters. The molecule has 136 valence electrons. The van der Waals surface area contributed by atoms with Crippen LogP contribution < -0.4 is 22.1 Å². The van der Waals surface area contributed by atoms with Crippen molar-refractivity contribution in [2.24, 2.45) is 11.5 Å². The van der Waals surface area contributed by atoms with Crippen LogP contribution in [-0.4, -0.2) is 58.1 Å². The molecule has 1 amide bonds. The van der Waals surface area contributed by atoms with Gasteiger partial charge in [-0.05, 0) is 32.4 Å². The van der Waals surface area contributed by atoms with Crippen LogP contribution in [0.15, 0.2) is 0 Å². The maximum absolute atomic E-state index is 10.5. The van der Waals surface area contributed by atoms with Crippen LogP contribution >= 0.6 is 0 Å². The molecule has 0 saturated carbocycles. The van der Waals surface area contributed by atoms with Crippen molar-refractivity contribution >= 4 is 6.09 Å². The number of methoxy groups -OCH3 is 1. The molecular weight excluding hydrogens is 284 g/mol. The van der Waals surface area contributed by atoms with Gasteiger partial charge in [0.05, 0.1) is 20.2 Å². The number of unbranched alkanes of at least 4 members (excludes halogenated alkanes) is 3. The summed E-state index contributed by atoms with van der Waals surface area (Å²) in [4.78, 5) is 10.5. The van der Waals surface area contributed by atoms with Crippen molar-refractivity contribution < 1.29 is 20.0 Å². The number of alkyl carbamates (subject to hydrolysis) is 1. The topological polar surface area (TPSA) is 127 Å². The minimum absolute atomic E-state index is 0.353. The molecule has 22 heavy (non-hydrogen) atoms. The summed E-state index contributed by atoms with van der Waals surface area (Å²) in [7, 11) is 2.36. The van der Waals surface area contributed by atoms with E-state index in [9.17, 15) is 4.79 Å². The summed E-state index contributed by atoms with van der Waals surface area (Å²) >= 11 is 0. The molecular formula is C15H39N4O3+. The molecule has 7 heteroatoms. The first-order chi connectivity index (χ1) is 10.7. The van der Waals surface area contributed by atoms with Gasteiger partial charge in [0, 0.05) is 20.1 Å². The van der Waals surface area contributed by atoms with Gasteiger partial charge >= 0.3 is 6.09 Å². The zero-order valence-corrected chi connectivity index (χ0v) is 14.8. The van der Waals surface area contributed by atoms with Crippen molar-refractivity contribution in [3.8, 4) is 0 Å². The van der Waals surface area contributed by atoms with Crippen molar-refractivity contribution in [2.45, 2.75) is 45.4 Å². The van der Waals surface area contributed by atoms with Gasteiger partial charge in [-0.2, -0.15) is 0 Å². The van der Waals surface area contributed by atoms with E-state index in [-0.39, 0.29) is 6.09 Å². The molecule has 0 aromatic rings. The van der Waals surface area contributed by atoms with Gasteiger partial charge in [0.2, 0.25) is 0 Å². The van der Waals surface area contributed by atoms with Gasteiger partial charge in [-0.1, -0.05) is 19.8 Å². The highest BCUT2D eigenvalue weighted by Gasteiger charge is 1.95. The Labute approximate surface area is 136 Å². The van der Waals surface area contributed by atoms with Gasteiger partial charge in [-0.15, -0.1) is 0 Å². The highest BCUT2D eigenvalue weighted by molar-refractivity contribution is 5.66. The standard InChI is InChI=1S/C8H18N2O2.C6H16N2.CH4O/c1-12-8(11)10-7-5-3-2-4-6-9;1-2-5-8-6-3-4-7;1-2/h2-7,9H2,1H3,(H,10,11);8H,2-7H2,1H3;2H,1H3/p+1. The van der Waals surface area contributed by atoms with Crippen molar-refractivity contribution in [3.05, 3.63) is 0 Å². The third-order valence-electron chi connectivity index (χ3n) is 2.69. The number of amides is 1. The normalized spacial score (nSPS) is 9.00. The van der Waals surface area contributed by atoms with Crippen LogP contribution in [0, 0.1) is 0 Å². The van der Waals surface area contributed by atoms with Crippen molar-refractivity contribution in [2.75, 3.05) is 46.9 Å². The smallest absolute Gasteiger partial charge is 0.406 e. The Bertz CT molecular complexity index is 190. The fraction of sp³-hybridized carbons (Fsp3) is 0.933. The fourth-order valence-electron chi connectivity index (χ4n) is 1.50. The SMILES string of the molecule is CCC[NH2+]CCCN.CO.COC(=O)NCCCCCCN. The average molecular weight is 324 g/mol. The van der Waals surface area contributed by atoms with Crippen molar-refractivity contribution in [1.29, 1.82) is 0 Å². The molecule has 0 bridgehead atoms. The molecule has 0 aromatic heterocycles. The van der Waals surface area contributed by atoms with Crippen LogP contribution in [0.3, 0.4) is 0 Å². The zero-order chi connectivity index (χ0) is 17.5. The Hall–Kier alpha value is -0.890. The Morgan fingerprint density at radius 2 is 1.64 bits per heavy atom. The van der Waals surface area contributed by atoms with E-state index in [0.29, 0.717) is 6.54 Å². The van der Waals surface area contributed by atoms with Gasteiger partial charge in [0.25, 0.3) is 0 Å².